The fourth-order valence-electron chi connectivity index (χ4n) is 1.55. The third kappa shape index (κ3) is 4.77. The molecule has 0 unspecified atom stereocenters. The van der Waals surface area contributed by atoms with Crippen LogP contribution in [0.2, 0.25) is 0 Å². The van der Waals surface area contributed by atoms with Crippen LogP contribution >= 0.6 is 12.4 Å². The molecule has 1 rings (SSSR count). The van der Waals surface area contributed by atoms with Crippen LogP contribution in [0.25, 0.3) is 0 Å². The Morgan fingerprint density at radius 1 is 1.19 bits per heavy atom. The van der Waals surface area contributed by atoms with Gasteiger partial charge in [0.05, 0.1) is 6.54 Å². The Bertz CT molecular complexity index is 308. The van der Waals surface area contributed by atoms with Gasteiger partial charge in [0, 0.05) is 5.56 Å². The number of ketones is 1. The van der Waals surface area contributed by atoms with Gasteiger partial charge in [0.1, 0.15) is 0 Å². The van der Waals surface area contributed by atoms with Gasteiger partial charge in [-0.25, -0.2) is 0 Å². The lowest BCUT2D eigenvalue weighted by Gasteiger charge is -2.02. The molecule has 1 aromatic rings. The molecule has 0 atom stereocenters. The van der Waals surface area contributed by atoms with Crippen LogP contribution in [0.15, 0.2) is 24.3 Å². The van der Waals surface area contributed by atoms with Crippen molar-refractivity contribution in [1.29, 1.82) is 0 Å². The third-order valence-electron chi connectivity index (χ3n) is 2.53. The summed E-state index contributed by atoms with van der Waals surface area (Å²) in [4.78, 5) is 11.3. The molecule has 0 fully saturated rings. The Balaban J connectivity index is 0.00000225. The van der Waals surface area contributed by atoms with Crippen LogP contribution in [-0.4, -0.2) is 12.3 Å². The second-order valence-corrected chi connectivity index (χ2v) is 3.78. The predicted molar refractivity (Wildman–Crippen MR) is 70.3 cm³/mol. The molecule has 0 heterocycles. The van der Waals surface area contributed by atoms with Crippen LogP contribution in [0, 0.1) is 0 Å². The number of hydrogen-bond acceptors (Lipinski definition) is 2. The molecular weight excluding hydrogens is 222 g/mol. The zero-order valence-corrected chi connectivity index (χ0v) is 10.6. The van der Waals surface area contributed by atoms with Crippen LogP contribution in [-0.2, 0) is 6.42 Å². The van der Waals surface area contributed by atoms with Gasteiger partial charge >= 0.3 is 0 Å². The van der Waals surface area contributed by atoms with Crippen molar-refractivity contribution in [2.45, 2.75) is 32.6 Å². The first-order valence-electron chi connectivity index (χ1n) is 5.60. The highest BCUT2D eigenvalue weighted by molar-refractivity contribution is 5.97. The molecule has 2 N–H and O–H groups in total. The van der Waals surface area contributed by atoms with Crippen molar-refractivity contribution >= 4 is 18.2 Å². The number of Topliss-reactive ketones (excluding diaryl/α,β-unsaturated/α-hetero) is 1. The molecule has 0 saturated heterocycles. The van der Waals surface area contributed by atoms with Gasteiger partial charge in [0.2, 0.25) is 0 Å². The highest BCUT2D eigenvalue weighted by Crippen LogP contribution is 2.09. The van der Waals surface area contributed by atoms with Crippen LogP contribution in [0.3, 0.4) is 0 Å². The topological polar surface area (TPSA) is 43.1 Å². The molecule has 0 aromatic heterocycles. The average Bonchev–Trinajstić information content (AvgIpc) is 2.29. The van der Waals surface area contributed by atoms with Crippen molar-refractivity contribution in [2.75, 3.05) is 6.54 Å². The van der Waals surface area contributed by atoms with Gasteiger partial charge in [0.25, 0.3) is 0 Å². The number of carbonyl (C=O) groups is 1. The van der Waals surface area contributed by atoms with E-state index in [-0.39, 0.29) is 24.7 Å². The smallest absolute Gasteiger partial charge is 0.176 e. The van der Waals surface area contributed by atoms with E-state index in [1.807, 2.05) is 24.3 Å². The van der Waals surface area contributed by atoms with E-state index < -0.39 is 0 Å². The fourth-order valence-corrected chi connectivity index (χ4v) is 1.55. The molecule has 0 radical (unpaired) electrons. The minimum atomic E-state index is 0. The van der Waals surface area contributed by atoms with Gasteiger partial charge in [-0.3, -0.25) is 4.79 Å². The zero-order chi connectivity index (χ0) is 11.1. The van der Waals surface area contributed by atoms with Crippen molar-refractivity contribution in [2.24, 2.45) is 5.73 Å². The molecule has 1 aromatic carbocycles. The monoisotopic (exact) mass is 241 g/mol. The molecule has 0 aliphatic carbocycles. The highest BCUT2D eigenvalue weighted by Gasteiger charge is 2.02. The van der Waals surface area contributed by atoms with Gasteiger partial charge < -0.3 is 5.73 Å². The molecular formula is C13H20ClNO. The summed E-state index contributed by atoms with van der Waals surface area (Å²) in [7, 11) is 0. The highest BCUT2D eigenvalue weighted by atomic mass is 35.5. The number of aryl methyl sites for hydroxylation is 1. The Hall–Kier alpha value is -0.860. The van der Waals surface area contributed by atoms with E-state index in [9.17, 15) is 4.79 Å². The standard InChI is InChI=1S/C13H19NO.ClH/c1-2-3-4-5-11-6-8-12(9-7-11)13(15)10-14;/h6-9H,2-5,10,14H2,1H3;1H. The molecule has 2 nitrogen and oxygen atoms in total. The second-order valence-electron chi connectivity index (χ2n) is 3.78. The number of rotatable bonds is 6. The Labute approximate surface area is 104 Å². The molecule has 0 aliphatic heterocycles. The van der Waals surface area contributed by atoms with Crippen molar-refractivity contribution in [1.82, 2.24) is 0 Å². The summed E-state index contributed by atoms with van der Waals surface area (Å²) < 4.78 is 0. The van der Waals surface area contributed by atoms with Gasteiger partial charge in [-0.2, -0.15) is 0 Å². The van der Waals surface area contributed by atoms with E-state index in [0.29, 0.717) is 0 Å². The van der Waals surface area contributed by atoms with Crippen molar-refractivity contribution in [3.05, 3.63) is 35.4 Å². The maximum absolute atomic E-state index is 11.3. The summed E-state index contributed by atoms with van der Waals surface area (Å²) in [6.45, 7) is 2.29. The number of unbranched alkanes of at least 4 members (excludes halogenated alkanes) is 2. The molecule has 0 aliphatic rings. The van der Waals surface area contributed by atoms with Gasteiger partial charge in [-0.15, -0.1) is 12.4 Å². The van der Waals surface area contributed by atoms with Crippen molar-refractivity contribution in [3.63, 3.8) is 0 Å². The SMILES string of the molecule is CCCCCc1ccc(C(=O)CN)cc1.Cl. The van der Waals surface area contributed by atoms with Crippen molar-refractivity contribution < 1.29 is 4.79 Å². The number of carbonyl (C=O) groups excluding carboxylic acids is 1. The number of nitrogens with two attached hydrogens (primary N) is 1. The molecule has 0 bridgehead atoms. The summed E-state index contributed by atoms with van der Waals surface area (Å²) in [6.07, 6.45) is 4.83. The summed E-state index contributed by atoms with van der Waals surface area (Å²) in [5.74, 6) is 0.00936. The minimum absolute atomic E-state index is 0. The van der Waals surface area contributed by atoms with E-state index in [1.54, 1.807) is 0 Å². The average molecular weight is 242 g/mol. The summed E-state index contributed by atoms with van der Waals surface area (Å²) in [5.41, 5.74) is 7.31. The molecule has 0 saturated carbocycles. The quantitative estimate of drug-likeness (QED) is 0.615. The zero-order valence-electron chi connectivity index (χ0n) is 9.74. The van der Waals surface area contributed by atoms with Crippen LogP contribution in [0.4, 0.5) is 0 Å². The van der Waals surface area contributed by atoms with Crippen LogP contribution in [0.5, 0.6) is 0 Å². The first kappa shape index (κ1) is 15.1. The summed E-state index contributed by atoms with van der Waals surface area (Å²) in [5, 5.41) is 0. The molecule has 90 valence electrons. The Morgan fingerprint density at radius 3 is 2.31 bits per heavy atom. The number of hydrogen-bond donors (Lipinski definition) is 1. The normalized spacial score (nSPS) is 9.62. The maximum atomic E-state index is 11.3. The molecule has 0 amide bonds. The lowest BCUT2D eigenvalue weighted by atomic mass is 10.0. The van der Waals surface area contributed by atoms with Crippen LogP contribution < -0.4 is 5.73 Å². The lowest BCUT2D eigenvalue weighted by Crippen LogP contribution is -2.13. The summed E-state index contributed by atoms with van der Waals surface area (Å²) in [6, 6.07) is 7.80. The second kappa shape index (κ2) is 8.31. The molecule has 0 spiro atoms. The van der Waals surface area contributed by atoms with Crippen molar-refractivity contribution in [3.8, 4) is 0 Å². The Morgan fingerprint density at radius 2 is 1.81 bits per heavy atom. The van der Waals surface area contributed by atoms with Gasteiger partial charge in [-0.1, -0.05) is 44.0 Å². The van der Waals surface area contributed by atoms with E-state index in [0.717, 1.165) is 12.0 Å². The first-order valence-corrected chi connectivity index (χ1v) is 5.60. The lowest BCUT2D eigenvalue weighted by molar-refractivity contribution is 0.100. The fraction of sp³-hybridized carbons (Fsp3) is 0.462. The van der Waals surface area contributed by atoms with E-state index >= 15 is 0 Å². The number of halogens is 1. The van der Waals surface area contributed by atoms with E-state index in [1.165, 1.54) is 24.8 Å². The Kier molecular flexibility index (Phi) is 7.86. The maximum Gasteiger partial charge on any atom is 0.176 e. The minimum Gasteiger partial charge on any atom is -0.324 e. The first-order chi connectivity index (χ1) is 7.27. The van der Waals surface area contributed by atoms with Crippen LogP contribution in [0.1, 0.15) is 42.1 Å². The predicted octanol–water partition coefficient (Wildman–Crippen LogP) is 2.98. The van der Waals surface area contributed by atoms with E-state index in [4.69, 9.17) is 5.73 Å². The third-order valence-corrected chi connectivity index (χ3v) is 2.53. The largest absolute Gasteiger partial charge is 0.324 e. The number of benzene rings is 1. The summed E-state index contributed by atoms with van der Waals surface area (Å²) >= 11 is 0. The van der Waals surface area contributed by atoms with Gasteiger partial charge in [-0.05, 0) is 18.4 Å². The van der Waals surface area contributed by atoms with E-state index in [2.05, 4.69) is 6.92 Å². The molecule has 16 heavy (non-hydrogen) atoms. The molecule has 3 heteroatoms. The van der Waals surface area contributed by atoms with Gasteiger partial charge in [0.15, 0.2) is 5.78 Å².